The van der Waals surface area contributed by atoms with Gasteiger partial charge < -0.3 is 19.9 Å². The highest BCUT2D eigenvalue weighted by Crippen LogP contribution is 2.26. The molecule has 9 nitrogen and oxygen atoms in total. The lowest BCUT2D eigenvalue weighted by Gasteiger charge is -2.15. The molecule has 0 fully saturated rings. The number of sulfonamides is 1. The Morgan fingerprint density at radius 1 is 1.13 bits per heavy atom. The van der Waals surface area contributed by atoms with Crippen LogP contribution in [-0.2, 0) is 37.3 Å². The molecule has 0 radical (unpaired) electrons. The number of amides is 1. The lowest BCUT2D eigenvalue weighted by atomic mass is 10.1. The van der Waals surface area contributed by atoms with Crippen molar-refractivity contribution in [2.45, 2.75) is 24.3 Å². The number of benzene rings is 2. The van der Waals surface area contributed by atoms with Crippen molar-refractivity contribution in [1.82, 2.24) is 9.62 Å². The van der Waals surface area contributed by atoms with Crippen LogP contribution in [0.2, 0.25) is 0 Å². The van der Waals surface area contributed by atoms with Crippen molar-refractivity contribution in [3.05, 3.63) is 53.6 Å². The van der Waals surface area contributed by atoms with Crippen molar-refractivity contribution in [2.75, 3.05) is 27.8 Å². The summed E-state index contributed by atoms with van der Waals surface area (Å²) in [7, 11) is 0.646. The Morgan fingerprint density at radius 2 is 1.84 bits per heavy atom. The molecule has 2 N–H and O–H groups in total. The van der Waals surface area contributed by atoms with Crippen LogP contribution >= 0.6 is 0 Å². The Bertz CT molecular complexity index is 1040. The molecule has 168 valence electrons. The van der Waals surface area contributed by atoms with Crippen LogP contribution in [0.15, 0.2) is 47.4 Å². The first-order valence-corrected chi connectivity index (χ1v) is 10.9. The van der Waals surface area contributed by atoms with Crippen molar-refractivity contribution in [2.24, 2.45) is 0 Å². The zero-order valence-electron chi connectivity index (χ0n) is 17.6. The zero-order chi connectivity index (χ0) is 23.0. The summed E-state index contributed by atoms with van der Waals surface area (Å²) in [5, 5.41) is 12.3. The Hall–Kier alpha value is -3.11. The summed E-state index contributed by atoms with van der Waals surface area (Å²) in [6.07, 6.45) is 0.358. The summed E-state index contributed by atoms with van der Waals surface area (Å²) in [6, 6.07) is 11.2. The van der Waals surface area contributed by atoms with Crippen LogP contribution in [0.3, 0.4) is 0 Å². The number of carbonyl (C=O) groups excluding carboxylic acids is 2. The highest BCUT2D eigenvalue weighted by atomic mass is 32.2. The molecular weight excluding hydrogens is 424 g/mol. The molecule has 2 aromatic carbocycles. The van der Waals surface area contributed by atoms with Crippen molar-refractivity contribution < 1.29 is 32.6 Å². The molecule has 0 saturated heterocycles. The van der Waals surface area contributed by atoms with Gasteiger partial charge in [0.2, 0.25) is 10.0 Å². The Labute approximate surface area is 181 Å². The average Bonchev–Trinajstić information content (AvgIpc) is 2.74. The third kappa shape index (κ3) is 6.69. The van der Waals surface area contributed by atoms with Gasteiger partial charge in [-0.15, -0.1) is 0 Å². The summed E-state index contributed by atoms with van der Waals surface area (Å²) < 4.78 is 35.8. The van der Waals surface area contributed by atoms with Crippen LogP contribution in [0.25, 0.3) is 0 Å². The molecule has 0 spiro atoms. The van der Waals surface area contributed by atoms with Crippen molar-refractivity contribution >= 4 is 21.9 Å². The number of aromatic hydroxyl groups is 1. The smallest absolute Gasteiger partial charge is 0.306 e. The molecule has 0 aliphatic heterocycles. The first-order valence-electron chi connectivity index (χ1n) is 9.43. The summed E-state index contributed by atoms with van der Waals surface area (Å²) in [4.78, 5) is 24.0. The number of aryl methyl sites for hydroxylation is 1. The fraction of sp³-hybridized carbons (Fsp3) is 0.333. The Balaban J connectivity index is 1.82. The van der Waals surface area contributed by atoms with Gasteiger partial charge in [-0.2, -0.15) is 0 Å². The molecule has 31 heavy (non-hydrogen) atoms. The highest BCUT2D eigenvalue weighted by Gasteiger charge is 2.21. The van der Waals surface area contributed by atoms with Crippen LogP contribution < -0.4 is 10.1 Å². The van der Waals surface area contributed by atoms with E-state index in [1.165, 1.54) is 33.3 Å². The molecule has 0 heterocycles. The Morgan fingerprint density at radius 3 is 2.48 bits per heavy atom. The molecule has 2 rings (SSSR count). The summed E-state index contributed by atoms with van der Waals surface area (Å²) >= 11 is 0. The second kappa shape index (κ2) is 10.8. The topological polar surface area (TPSA) is 122 Å². The first kappa shape index (κ1) is 24.2. The molecule has 0 atom stereocenters. The highest BCUT2D eigenvalue weighted by molar-refractivity contribution is 7.89. The van der Waals surface area contributed by atoms with Crippen LogP contribution in [0.5, 0.6) is 11.5 Å². The summed E-state index contributed by atoms with van der Waals surface area (Å²) in [6.45, 7) is -0.500. The van der Waals surface area contributed by atoms with E-state index in [4.69, 9.17) is 9.47 Å². The average molecular weight is 451 g/mol. The van der Waals surface area contributed by atoms with Gasteiger partial charge in [0, 0.05) is 27.1 Å². The number of nitrogens with one attached hydrogen (secondary N) is 1. The van der Waals surface area contributed by atoms with Crippen LogP contribution in [-0.4, -0.2) is 57.5 Å². The van der Waals surface area contributed by atoms with Gasteiger partial charge in [-0.25, -0.2) is 12.7 Å². The minimum Gasteiger partial charge on any atom is -0.504 e. The minimum atomic E-state index is -3.65. The second-order valence-electron chi connectivity index (χ2n) is 6.84. The number of phenols is 1. The lowest BCUT2D eigenvalue weighted by Crippen LogP contribution is -2.30. The van der Waals surface area contributed by atoms with E-state index in [0.29, 0.717) is 17.7 Å². The number of esters is 1. The van der Waals surface area contributed by atoms with Crippen LogP contribution in [0.4, 0.5) is 0 Å². The summed E-state index contributed by atoms with van der Waals surface area (Å²) in [5.41, 5.74) is 1.15. The predicted molar refractivity (Wildman–Crippen MR) is 113 cm³/mol. The van der Waals surface area contributed by atoms with E-state index in [2.05, 4.69) is 5.32 Å². The van der Waals surface area contributed by atoms with E-state index >= 15 is 0 Å². The Kier molecular flexibility index (Phi) is 8.40. The summed E-state index contributed by atoms with van der Waals surface area (Å²) in [5.74, 6) is -0.805. The molecule has 0 unspecified atom stereocenters. The van der Waals surface area contributed by atoms with Gasteiger partial charge in [0.05, 0.1) is 12.0 Å². The quantitative estimate of drug-likeness (QED) is 0.525. The van der Waals surface area contributed by atoms with Crippen LogP contribution in [0.1, 0.15) is 17.5 Å². The lowest BCUT2D eigenvalue weighted by molar-refractivity contribution is -0.148. The second-order valence-corrected chi connectivity index (χ2v) is 8.96. The third-order valence-electron chi connectivity index (χ3n) is 4.43. The van der Waals surface area contributed by atoms with Gasteiger partial charge in [-0.3, -0.25) is 9.59 Å². The largest absolute Gasteiger partial charge is 0.504 e. The number of phenolic OH excluding ortho intramolecular Hbond substituents is 1. The number of nitrogens with zero attached hydrogens (tertiary/aromatic N) is 1. The first-order chi connectivity index (χ1) is 14.6. The van der Waals surface area contributed by atoms with E-state index in [0.717, 1.165) is 9.87 Å². The number of hydrogen-bond acceptors (Lipinski definition) is 7. The minimum absolute atomic E-state index is 0.0231. The molecule has 0 bridgehead atoms. The van der Waals surface area contributed by atoms with E-state index < -0.39 is 28.5 Å². The van der Waals surface area contributed by atoms with E-state index in [9.17, 15) is 23.1 Å². The van der Waals surface area contributed by atoms with Gasteiger partial charge in [0.1, 0.15) is 0 Å². The predicted octanol–water partition coefficient (Wildman–Crippen LogP) is 1.44. The maximum atomic E-state index is 12.4. The molecule has 0 aliphatic carbocycles. The fourth-order valence-corrected chi connectivity index (χ4v) is 3.81. The van der Waals surface area contributed by atoms with Gasteiger partial charge in [0.25, 0.3) is 5.91 Å². The van der Waals surface area contributed by atoms with Gasteiger partial charge in [-0.1, -0.05) is 24.3 Å². The molecule has 0 aromatic heterocycles. The molecule has 0 aliphatic rings. The molecule has 1 amide bonds. The van der Waals surface area contributed by atoms with Crippen LogP contribution in [0, 0.1) is 0 Å². The van der Waals surface area contributed by atoms with E-state index in [-0.39, 0.29) is 23.6 Å². The van der Waals surface area contributed by atoms with Gasteiger partial charge in [0.15, 0.2) is 18.1 Å². The SMILES string of the molecule is COc1ccc(CCC(=O)OCC(=O)NCc2ccccc2S(=O)(=O)N(C)C)cc1O. The number of carbonyl (C=O) groups is 2. The molecule has 10 heteroatoms. The number of hydrogen-bond donors (Lipinski definition) is 2. The van der Waals surface area contributed by atoms with Gasteiger partial charge in [-0.05, 0) is 35.7 Å². The maximum Gasteiger partial charge on any atom is 0.306 e. The number of ether oxygens (including phenoxy) is 2. The molecular formula is C21H26N2O7S. The maximum absolute atomic E-state index is 12.4. The monoisotopic (exact) mass is 450 g/mol. The molecule has 2 aromatic rings. The number of methoxy groups -OCH3 is 1. The molecule has 0 saturated carbocycles. The van der Waals surface area contributed by atoms with E-state index in [1.54, 1.807) is 30.3 Å². The third-order valence-corrected chi connectivity index (χ3v) is 6.35. The number of rotatable bonds is 10. The van der Waals surface area contributed by atoms with Crippen molar-refractivity contribution in [1.29, 1.82) is 0 Å². The van der Waals surface area contributed by atoms with E-state index in [1.807, 2.05) is 0 Å². The zero-order valence-corrected chi connectivity index (χ0v) is 18.4. The van der Waals surface area contributed by atoms with Gasteiger partial charge >= 0.3 is 5.97 Å². The normalized spacial score (nSPS) is 11.2. The standard InChI is InChI=1S/C21H26N2O7S/c1-23(2)31(27,28)19-7-5-4-6-16(19)13-22-20(25)14-30-21(26)11-9-15-8-10-18(29-3)17(24)12-15/h4-8,10,12,24H,9,11,13-14H2,1-3H3,(H,22,25). The van der Waals surface area contributed by atoms with Crippen molar-refractivity contribution in [3.63, 3.8) is 0 Å². The fourth-order valence-electron chi connectivity index (χ4n) is 2.70. The van der Waals surface area contributed by atoms with Crippen molar-refractivity contribution in [3.8, 4) is 11.5 Å².